The van der Waals surface area contributed by atoms with Gasteiger partial charge >= 0.3 is 5.63 Å². The quantitative estimate of drug-likeness (QED) is 0.554. The highest BCUT2D eigenvalue weighted by atomic mass is 16.4. The Labute approximate surface area is 218 Å². The number of rotatable bonds is 3. The first kappa shape index (κ1) is 25.3. The van der Waals surface area contributed by atoms with Crippen LogP contribution >= 0.6 is 0 Å². The van der Waals surface area contributed by atoms with Gasteiger partial charge in [0.15, 0.2) is 0 Å². The summed E-state index contributed by atoms with van der Waals surface area (Å²) in [5, 5.41) is 35.0. The van der Waals surface area contributed by atoms with Crippen molar-refractivity contribution in [1.82, 2.24) is 9.55 Å². The fourth-order valence-electron chi connectivity index (χ4n) is 9.41. The third-order valence-corrected chi connectivity index (χ3v) is 11.7. The molecule has 0 spiro atoms. The highest BCUT2D eigenvalue weighted by Gasteiger charge is 2.70. The van der Waals surface area contributed by atoms with E-state index in [-0.39, 0.29) is 40.3 Å². The van der Waals surface area contributed by atoms with Crippen molar-refractivity contribution in [2.45, 2.75) is 114 Å². The van der Waals surface area contributed by atoms with Crippen molar-refractivity contribution < 1.29 is 19.7 Å². The summed E-state index contributed by atoms with van der Waals surface area (Å²) in [6.45, 7) is 8.01. The van der Waals surface area contributed by atoms with E-state index < -0.39 is 16.8 Å². The first-order valence-corrected chi connectivity index (χ1v) is 14.1. The molecule has 0 aliphatic heterocycles. The summed E-state index contributed by atoms with van der Waals surface area (Å²) in [4.78, 5) is 16.0. The van der Waals surface area contributed by atoms with Crippen LogP contribution in [-0.2, 0) is 5.60 Å². The van der Waals surface area contributed by atoms with Crippen LogP contribution in [0, 0.1) is 22.7 Å². The lowest BCUT2D eigenvalue weighted by Crippen LogP contribution is -2.66. The number of aliphatic hydroxyl groups is 3. The van der Waals surface area contributed by atoms with Gasteiger partial charge in [0, 0.05) is 23.7 Å². The van der Waals surface area contributed by atoms with Crippen molar-refractivity contribution in [2.24, 2.45) is 22.7 Å². The third kappa shape index (κ3) is 3.49. The van der Waals surface area contributed by atoms with E-state index in [9.17, 15) is 20.1 Å². The van der Waals surface area contributed by atoms with Gasteiger partial charge in [-0.3, -0.25) is 0 Å². The zero-order valence-corrected chi connectivity index (χ0v) is 22.6. The summed E-state index contributed by atoms with van der Waals surface area (Å²) in [5.41, 5.74) is -1.77. The normalized spacial score (nSPS) is 43.6. The number of hydrogen-bond donors (Lipinski definition) is 3. The summed E-state index contributed by atoms with van der Waals surface area (Å²) >= 11 is 0. The van der Waals surface area contributed by atoms with E-state index in [1.807, 2.05) is 12.3 Å². The fourth-order valence-corrected chi connectivity index (χ4v) is 9.41. The second-order valence-electron chi connectivity index (χ2n) is 13.7. The van der Waals surface area contributed by atoms with Crippen LogP contribution in [-0.4, -0.2) is 36.1 Å². The standard InChI is InChI=1S/C30H42N2O5/c1-26(2,34)24-16-32(18-31-24)20-7-11-27(3)22-8-12-28(4)21(19-5-6-25(33)37-17-19)10-14-30(28,36)23(22)9-13-29(27,35)15-20/h5-6,16-18,20-23,34-36H,7-15H2,1-4H3/t20-,21+,22-,23+,27+,28+,29-,30-/m0/s1. The molecule has 202 valence electrons. The molecule has 0 saturated heterocycles. The van der Waals surface area contributed by atoms with Gasteiger partial charge < -0.3 is 24.3 Å². The molecule has 2 aromatic heterocycles. The molecule has 0 bridgehead atoms. The zero-order valence-electron chi connectivity index (χ0n) is 22.6. The molecular formula is C30H42N2O5. The Kier molecular flexibility index (Phi) is 5.49. The van der Waals surface area contributed by atoms with Crippen LogP contribution in [0.1, 0.15) is 109 Å². The van der Waals surface area contributed by atoms with Gasteiger partial charge in [-0.1, -0.05) is 13.8 Å². The molecule has 4 aliphatic rings. The second-order valence-corrected chi connectivity index (χ2v) is 13.7. The van der Waals surface area contributed by atoms with Gasteiger partial charge in [-0.05, 0) is 106 Å². The van der Waals surface area contributed by atoms with Crippen LogP contribution < -0.4 is 5.63 Å². The highest BCUT2D eigenvalue weighted by molar-refractivity contribution is 5.28. The van der Waals surface area contributed by atoms with E-state index in [0.717, 1.165) is 50.5 Å². The minimum atomic E-state index is -0.988. The van der Waals surface area contributed by atoms with Crippen LogP contribution in [0.15, 0.2) is 40.1 Å². The van der Waals surface area contributed by atoms with E-state index >= 15 is 0 Å². The van der Waals surface area contributed by atoms with Crippen molar-refractivity contribution >= 4 is 0 Å². The number of hydrogen-bond acceptors (Lipinski definition) is 6. The molecular weight excluding hydrogens is 468 g/mol. The van der Waals surface area contributed by atoms with Gasteiger partial charge in [-0.15, -0.1) is 0 Å². The van der Waals surface area contributed by atoms with E-state index in [1.54, 1.807) is 26.4 Å². The molecule has 3 N–H and O–H groups in total. The monoisotopic (exact) mass is 510 g/mol. The minimum absolute atomic E-state index is 0.152. The Hall–Kier alpha value is -1.96. The molecule has 0 amide bonds. The maximum atomic E-state index is 12.4. The van der Waals surface area contributed by atoms with Crippen molar-refractivity contribution in [3.8, 4) is 0 Å². The molecule has 2 heterocycles. The van der Waals surface area contributed by atoms with Gasteiger partial charge in [0.1, 0.15) is 5.60 Å². The molecule has 0 unspecified atom stereocenters. The molecule has 7 heteroatoms. The Morgan fingerprint density at radius 2 is 1.73 bits per heavy atom. The molecule has 7 nitrogen and oxygen atoms in total. The lowest BCUT2D eigenvalue weighted by Gasteiger charge is -2.66. The Morgan fingerprint density at radius 3 is 2.41 bits per heavy atom. The largest absolute Gasteiger partial charge is 0.431 e. The highest BCUT2D eigenvalue weighted by Crippen LogP contribution is 2.71. The summed E-state index contributed by atoms with van der Waals surface area (Å²) in [6.07, 6.45) is 12.9. The third-order valence-electron chi connectivity index (χ3n) is 11.7. The van der Waals surface area contributed by atoms with Gasteiger partial charge in [-0.25, -0.2) is 9.78 Å². The molecule has 4 aliphatic carbocycles. The lowest BCUT2D eigenvalue weighted by atomic mass is 9.42. The number of nitrogens with zero attached hydrogens (tertiary/aromatic N) is 2. The van der Waals surface area contributed by atoms with Crippen LogP contribution in [0.25, 0.3) is 0 Å². The molecule has 4 fully saturated rings. The SMILES string of the molecule is CC(C)(O)c1cn([C@H]2CC[C@]3(C)[C@H]4CC[C@]5(C)[C@@H](c6ccc(=O)oc6)CC[C@]5(O)[C@@H]4CC[C@]3(O)C2)cn1. The molecule has 6 rings (SSSR count). The Balaban J connectivity index is 1.27. The maximum absolute atomic E-state index is 12.4. The maximum Gasteiger partial charge on any atom is 0.335 e. The van der Waals surface area contributed by atoms with Gasteiger partial charge in [0.05, 0.1) is 29.5 Å². The number of aromatic nitrogens is 2. The zero-order chi connectivity index (χ0) is 26.4. The molecule has 4 saturated carbocycles. The van der Waals surface area contributed by atoms with Gasteiger partial charge in [-0.2, -0.15) is 0 Å². The second kappa shape index (κ2) is 8.03. The van der Waals surface area contributed by atoms with Crippen molar-refractivity contribution in [3.05, 3.63) is 52.6 Å². The van der Waals surface area contributed by atoms with Crippen LogP contribution in [0.5, 0.6) is 0 Å². The van der Waals surface area contributed by atoms with E-state index in [1.165, 1.54) is 6.07 Å². The number of fused-ring (bicyclic) bond motifs is 5. The fraction of sp³-hybridized carbons (Fsp3) is 0.733. The minimum Gasteiger partial charge on any atom is -0.431 e. The van der Waals surface area contributed by atoms with E-state index in [0.29, 0.717) is 18.5 Å². The molecule has 0 radical (unpaired) electrons. The first-order valence-electron chi connectivity index (χ1n) is 14.1. The van der Waals surface area contributed by atoms with Crippen LogP contribution in [0.3, 0.4) is 0 Å². The smallest absolute Gasteiger partial charge is 0.335 e. The summed E-state index contributed by atoms with van der Waals surface area (Å²) in [7, 11) is 0. The number of imidazole rings is 1. The summed E-state index contributed by atoms with van der Waals surface area (Å²) in [6, 6.07) is 3.52. The summed E-state index contributed by atoms with van der Waals surface area (Å²) in [5.74, 6) is 0.592. The predicted molar refractivity (Wildman–Crippen MR) is 139 cm³/mol. The Bertz CT molecular complexity index is 1230. The van der Waals surface area contributed by atoms with Crippen molar-refractivity contribution in [2.75, 3.05) is 0 Å². The molecule has 8 atom stereocenters. The van der Waals surface area contributed by atoms with Crippen LogP contribution in [0.4, 0.5) is 0 Å². The molecule has 37 heavy (non-hydrogen) atoms. The van der Waals surface area contributed by atoms with Gasteiger partial charge in [0.25, 0.3) is 0 Å². The van der Waals surface area contributed by atoms with E-state index in [2.05, 4.69) is 23.4 Å². The van der Waals surface area contributed by atoms with Crippen molar-refractivity contribution in [1.29, 1.82) is 0 Å². The average molecular weight is 511 g/mol. The van der Waals surface area contributed by atoms with Gasteiger partial charge in [0.2, 0.25) is 0 Å². The molecule has 0 aromatic carbocycles. The van der Waals surface area contributed by atoms with E-state index in [4.69, 9.17) is 4.42 Å². The van der Waals surface area contributed by atoms with Crippen molar-refractivity contribution in [3.63, 3.8) is 0 Å². The average Bonchev–Trinajstić information content (AvgIpc) is 3.43. The topological polar surface area (TPSA) is 109 Å². The molecule has 2 aromatic rings. The van der Waals surface area contributed by atoms with Crippen LogP contribution in [0.2, 0.25) is 0 Å². The lowest BCUT2D eigenvalue weighted by molar-refractivity contribution is -0.249. The predicted octanol–water partition coefficient (Wildman–Crippen LogP) is 4.66. The Morgan fingerprint density at radius 1 is 1.00 bits per heavy atom. The first-order chi connectivity index (χ1) is 17.3. The summed E-state index contributed by atoms with van der Waals surface area (Å²) < 4.78 is 7.30.